The Hall–Kier alpha value is -2.11. The number of carbonyl (C=O) groups is 1. The number of hydrogen-bond donors (Lipinski definition) is 1. The van der Waals surface area contributed by atoms with Crippen molar-refractivity contribution in [3.8, 4) is 11.5 Å². The van der Waals surface area contributed by atoms with Gasteiger partial charge in [0.25, 0.3) is 0 Å². The van der Waals surface area contributed by atoms with Gasteiger partial charge in [-0.3, -0.25) is 0 Å². The SMILES string of the molecule is Cc1cc(-c2cc(C(=O)O)on2)on1. The van der Waals surface area contributed by atoms with Crippen molar-refractivity contribution in [3.63, 3.8) is 0 Å². The lowest BCUT2D eigenvalue weighted by molar-refractivity contribution is 0.0652. The lowest BCUT2D eigenvalue weighted by Crippen LogP contribution is -1.91. The van der Waals surface area contributed by atoms with Crippen molar-refractivity contribution < 1.29 is 18.9 Å². The highest BCUT2D eigenvalue weighted by atomic mass is 16.5. The van der Waals surface area contributed by atoms with Crippen LogP contribution in [0.3, 0.4) is 0 Å². The molecule has 0 aromatic carbocycles. The number of aromatic nitrogens is 2. The Morgan fingerprint density at radius 2 is 2.14 bits per heavy atom. The van der Waals surface area contributed by atoms with E-state index in [-0.39, 0.29) is 5.76 Å². The second-order valence-electron chi connectivity index (χ2n) is 2.71. The average Bonchev–Trinajstić information content (AvgIpc) is 2.70. The number of aromatic carboxylic acids is 1. The number of carboxylic acids is 1. The number of rotatable bonds is 2. The van der Waals surface area contributed by atoms with Crippen LogP contribution in [-0.4, -0.2) is 21.4 Å². The van der Waals surface area contributed by atoms with Gasteiger partial charge in [-0.2, -0.15) is 0 Å². The molecule has 0 aliphatic carbocycles. The molecule has 0 saturated carbocycles. The van der Waals surface area contributed by atoms with Crippen LogP contribution in [-0.2, 0) is 0 Å². The topological polar surface area (TPSA) is 89.4 Å². The highest BCUT2D eigenvalue weighted by Gasteiger charge is 2.14. The molecule has 2 heterocycles. The van der Waals surface area contributed by atoms with Gasteiger partial charge >= 0.3 is 5.97 Å². The third kappa shape index (κ3) is 1.37. The first-order chi connectivity index (χ1) is 6.66. The van der Waals surface area contributed by atoms with Crippen molar-refractivity contribution >= 4 is 5.97 Å². The molecule has 0 aliphatic rings. The van der Waals surface area contributed by atoms with Crippen LogP contribution in [0, 0.1) is 6.92 Å². The van der Waals surface area contributed by atoms with E-state index in [4.69, 9.17) is 9.63 Å². The van der Waals surface area contributed by atoms with Gasteiger partial charge in [-0.1, -0.05) is 10.3 Å². The number of nitrogens with zero attached hydrogens (tertiary/aromatic N) is 2. The summed E-state index contributed by atoms with van der Waals surface area (Å²) in [6.07, 6.45) is 0. The Morgan fingerprint density at radius 1 is 1.36 bits per heavy atom. The Balaban J connectivity index is 2.38. The summed E-state index contributed by atoms with van der Waals surface area (Å²) < 4.78 is 9.43. The summed E-state index contributed by atoms with van der Waals surface area (Å²) in [5, 5.41) is 15.7. The first-order valence-electron chi connectivity index (χ1n) is 3.80. The molecule has 6 nitrogen and oxygen atoms in total. The minimum Gasteiger partial charge on any atom is -0.475 e. The zero-order chi connectivity index (χ0) is 10.1. The van der Waals surface area contributed by atoms with E-state index in [1.54, 1.807) is 13.0 Å². The van der Waals surface area contributed by atoms with E-state index >= 15 is 0 Å². The van der Waals surface area contributed by atoms with Gasteiger partial charge in [-0.05, 0) is 6.92 Å². The lowest BCUT2D eigenvalue weighted by Gasteiger charge is -1.80. The zero-order valence-electron chi connectivity index (χ0n) is 7.22. The molecule has 0 atom stereocenters. The third-order valence-corrected chi connectivity index (χ3v) is 1.60. The van der Waals surface area contributed by atoms with E-state index < -0.39 is 5.97 Å². The van der Waals surface area contributed by atoms with Gasteiger partial charge in [0.2, 0.25) is 5.76 Å². The van der Waals surface area contributed by atoms with Crippen LogP contribution in [0.5, 0.6) is 0 Å². The first-order valence-corrected chi connectivity index (χ1v) is 3.80. The summed E-state index contributed by atoms with van der Waals surface area (Å²) in [7, 11) is 0. The van der Waals surface area contributed by atoms with Crippen LogP contribution in [0.15, 0.2) is 21.2 Å². The van der Waals surface area contributed by atoms with Gasteiger partial charge in [0.1, 0.15) is 0 Å². The Kier molecular flexibility index (Phi) is 1.81. The maximum absolute atomic E-state index is 10.5. The molecule has 2 aromatic heterocycles. The van der Waals surface area contributed by atoms with Gasteiger partial charge in [-0.25, -0.2) is 4.79 Å². The second kappa shape index (κ2) is 2.99. The summed E-state index contributed by atoms with van der Waals surface area (Å²) in [6, 6.07) is 2.92. The fourth-order valence-electron chi connectivity index (χ4n) is 0.976. The van der Waals surface area contributed by atoms with Crippen molar-refractivity contribution in [2.45, 2.75) is 6.92 Å². The van der Waals surface area contributed by atoms with Gasteiger partial charge < -0.3 is 14.2 Å². The molecule has 6 heteroatoms. The maximum atomic E-state index is 10.5. The molecule has 2 rings (SSSR count). The Bertz CT molecular complexity index is 471. The van der Waals surface area contributed by atoms with Gasteiger partial charge in [0.15, 0.2) is 11.5 Å². The monoisotopic (exact) mass is 194 g/mol. The van der Waals surface area contributed by atoms with Crippen LogP contribution in [0.25, 0.3) is 11.5 Å². The first kappa shape index (κ1) is 8.49. The Labute approximate surface area is 78.1 Å². The predicted octanol–water partition coefficient (Wildman–Crippen LogP) is 1.34. The Morgan fingerprint density at radius 3 is 2.64 bits per heavy atom. The van der Waals surface area contributed by atoms with E-state index in [1.165, 1.54) is 6.07 Å². The van der Waals surface area contributed by atoms with E-state index in [1.807, 2.05) is 0 Å². The van der Waals surface area contributed by atoms with Crippen molar-refractivity contribution in [3.05, 3.63) is 23.6 Å². The average molecular weight is 194 g/mol. The lowest BCUT2D eigenvalue weighted by atomic mass is 10.3. The van der Waals surface area contributed by atoms with Gasteiger partial charge in [0, 0.05) is 12.1 Å². The fraction of sp³-hybridized carbons (Fsp3) is 0.125. The molecular formula is C8H6N2O4. The van der Waals surface area contributed by atoms with Crippen LogP contribution in [0.4, 0.5) is 0 Å². The van der Waals surface area contributed by atoms with Crippen LogP contribution in [0.2, 0.25) is 0 Å². The van der Waals surface area contributed by atoms with Crippen LogP contribution < -0.4 is 0 Å². The minimum atomic E-state index is -1.17. The highest BCUT2D eigenvalue weighted by molar-refractivity contribution is 5.85. The van der Waals surface area contributed by atoms with Crippen molar-refractivity contribution in [1.29, 1.82) is 0 Å². The van der Waals surface area contributed by atoms with Crippen molar-refractivity contribution in [2.24, 2.45) is 0 Å². The van der Waals surface area contributed by atoms with E-state index in [9.17, 15) is 4.79 Å². The summed E-state index contributed by atoms with van der Waals surface area (Å²) in [5.41, 5.74) is 1.02. The summed E-state index contributed by atoms with van der Waals surface area (Å²) in [5.74, 6) is -1.01. The summed E-state index contributed by atoms with van der Waals surface area (Å²) >= 11 is 0. The molecule has 0 aliphatic heterocycles. The van der Waals surface area contributed by atoms with E-state index in [2.05, 4.69) is 14.8 Å². The molecular weight excluding hydrogens is 188 g/mol. The van der Waals surface area contributed by atoms with Crippen LogP contribution >= 0.6 is 0 Å². The molecule has 72 valence electrons. The predicted molar refractivity (Wildman–Crippen MR) is 43.7 cm³/mol. The molecule has 0 amide bonds. The standard InChI is InChI=1S/C8H6N2O4/c1-4-2-6(13-9-4)5-3-7(8(11)12)14-10-5/h2-3H,1H3,(H,11,12). The van der Waals surface area contributed by atoms with Crippen molar-refractivity contribution in [1.82, 2.24) is 10.3 Å². The van der Waals surface area contributed by atoms with E-state index in [0.717, 1.165) is 0 Å². The largest absolute Gasteiger partial charge is 0.475 e. The van der Waals surface area contributed by atoms with Gasteiger partial charge in [-0.15, -0.1) is 0 Å². The second-order valence-corrected chi connectivity index (χ2v) is 2.71. The third-order valence-electron chi connectivity index (χ3n) is 1.60. The summed E-state index contributed by atoms with van der Waals surface area (Å²) in [4.78, 5) is 10.5. The maximum Gasteiger partial charge on any atom is 0.374 e. The number of carboxylic acid groups (broad SMARTS) is 1. The molecule has 0 radical (unpaired) electrons. The smallest absolute Gasteiger partial charge is 0.374 e. The molecule has 0 bridgehead atoms. The molecule has 0 fully saturated rings. The molecule has 2 aromatic rings. The fourth-order valence-corrected chi connectivity index (χ4v) is 0.976. The molecule has 0 unspecified atom stereocenters. The summed E-state index contributed by atoms with van der Waals surface area (Å²) in [6.45, 7) is 1.76. The molecule has 0 saturated heterocycles. The number of aryl methyl sites for hydroxylation is 1. The quantitative estimate of drug-likeness (QED) is 0.775. The van der Waals surface area contributed by atoms with E-state index in [0.29, 0.717) is 17.1 Å². The normalized spacial score (nSPS) is 10.4. The molecule has 1 N–H and O–H groups in total. The molecule has 0 spiro atoms. The van der Waals surface area contributed by atoms with Crippen LogP contribution in [0.1, 0.15) is 16.2 Å². The highest BCUT2D eigenvalue weighted by Crippen LogP contribution is 2.19. The van der Waals surface area contributed by atoms with Gasteiger partial charge in [0.05, 0.1) is 5.69 Å². The number of hydrogen-bond acceptors (Lipinski definition) is 5. The molecule has 14 heavy (non-hydrogen) atoms. The zero-order valence-corrected chi connectivity index (χ0v) is 7.22. The minimum absolute atomic E-state index is 0.228. The van der Waals surface area contributed by atoms with Crippen molar-refractivity contribution in [2.75, 3.05) is 0 Å².